The first-order valence-electron chi connectivity index (χ1n) is 9.62. The van der Waals surface area contributed by atoms with Gasteiger partial charge in [-0.2, -0.15) is 0 Å². The van der Waals surface area contributed by atoms with E-state index in [2.05, 4.69) is 60.1 Å². The number of para-hydroxylation sites is 1. The van der Waals surface area contributed by atoms with E-state index >= 15 is 0 Å². The molecule has 4 rings (SSSR count). The number of nitrogens with zero attached hydrogens (tertiary/aromatic N) is 3. The van der Waals surface area contributed by atoms with Crippen molar-refractivity contribution in [2.75, 3.05) is 11.9 Å². The van der Waals surface area contributed by atoms with Crippen LogP contribution in [0, 0.1) is 0 Å². The summed E-state index contributed by atoms with van der Waals surface area (Å²) in [4.78, 5) is 17.7. The number of pyridine rings is 1. The van der Waals surface area contributed by atoms with Crippen LogP contribution < -0.4 is 15.8 Å². The van der Waals surface area contributed by atoms with E-state index in [-0.39, 0.29) is 16.6 Å². The number of nitrogens with one attached hydrogen (secondary N) is 2. The molecule has 1 fully saturated rings. The molecule has 0 unspecified atom stereocenters. The van der Waals surface area contributed by atoms with Gasteiger partial charge in [-0.25, -0.2) is 0 Å². The molecule has 2 N–H and O–H groups in total. The lowest BCUT2D eigenvalue weighted by Crippen LogP contribution is -2.61. The Kier molecular flexibility index (Phi) is 4.55. The summed E-state index contributed by atoms with van der Waals surface area (Å²) < 4.78 is 0. The van der Waals surface area contributed by atoms with Gasteiger partial charge < -0.3 is 15.2 Å². The van der Waals surface area contributed by atoms with Crippen LogP contribution in [0.5, 0.6) is 0 Å². The Morgan fingerprint density at radius 2 is 1.79 bits per heavy atom. The van der Waals surface area contributed by atoms with Crippen molar-refractivity contribution in [2.45, 2.75) is 57.7 Å². The van der Waals surface area contributed by atoms with Gasteiger partial charge in [0.05, 0.1) is 5.56 Å². The zero-order valence-corrected chi connectivity index (χ0v) is 17.9. The van der Waals surface area contributed by atoms with Crippen molar-refractivity contribution in [3.8, 4) is 10.6 Å². The molecule has 0 amide bonds. The molecule has 3 heterocycles. The van der Waals surface area contributed by atoms with Crippen molar-refractivity contribution in [1.82, 2.24) is 20.5 Å². The largest absolute Gasteiger partial charge is 0.347 e. The summed E-state index contributed by atoms with van der Waals surface area (Å²) in [7, 11) is 2.08. The number of hydrogen-bond donors (Lipinski definition) is 2. The first kappa shape index (κ1) is 19.1. The predicted molar refractivity (Wildman–Crippen MR) is 116 cm³/mol. The van der Waals surface area contributed by atoms with Crippen LogP contribution in [-0.2, 0) is 0 Å². The topological polar surface area (TPSA) is 73.9 Å². The molecule has 148 valence electrons. The fourth-order valence-electron chi connectivity index (χ4n) is 4.47. The van der Waals surface area contributed by atoms with Crippen LogP contribution in [0.15, 0.2) is 35.1 Å². The highest BCUT2D eigenvalue weighted by atomic mass is 32.1. The van der Waals surface area contributed by atoms with Crippen molar-refractivity contribution < 1.29 is 0 Å². The number of piperidine rings is 1. The lowest BCUT2D eigenvalue weighted by atomic mass is 9.79. The number of aromatic amines is 1. The molecule has 0 spiro atoms. The number of anilines is 1. The number of H-pyrrole nitrogens is 1. The average Bonchev–Trinajstić information content (AvgIpc) is 3.07. The minimum Gasteiger partial charge on any atom is -0.347 e. The third-order valence-corrected chi connectivity index (χ3v) is 6.46. The van der Waals surface area contributed by atoms with E-state index in [1.165, 1.54) is 11.3 Å². The van der Waals surface area contributed by atoms with E-state index in [0.29, 0.717) is 16.6 Å². The van der Waals surface area contributed by atoms with Crippen molar-refractivity contribution in [2.24, 2.45) is 0 Å². The van der Waals surface area contributed by atoms with Crippen LogP contribution in [0.2, 0.25) is 0 Å². The first-order valence-corrected chi connectivity index (χ1v) is 10.4. The van der Waals surface area contributed by atoms with E-state index in [1.807, 2.05) is 30.3 Å². The van der Waals surface area contributed by atoms with Crippen molar-refractivity contribution in [3.63, 3.8) is 0 Å². The molecule has 0 bridgehead atoms. The van der Waals surface area contributed by atoms with Crippen molar-refractivity contribution >= 4 is 27.4 Å². The minimum absolute atomic E-state index is 0.0592. The van der Waals surface area contributed by atoms with Gasteiger partial charge in [0.25, 0.3) is 5.56 Å². The summed E-state index contributed by atoms with van der Waals surface area (Å²) in [5, 5.41) is 15.0. The average molecular weight is 398 g/mol. The predicted octanol–water partition coefficient (Wildman–Crippen LogP) is 3.79. The van der Waals surface area contributed by atoms with E-state index < -0.39 is 0 Å². The highest BCUT2D eigenvalue weighted by Crippen LogP contribution is 2.35. The highest BCUT2D eigenvalue weighted by molar-refractivity contribution is 7.18. The monoisotopic (exact) mass is 397 g/mol. The van der Waals surface area contributed by atoms with Gasteiger partial charge in [0.2, 0.25) is 5.13 Å². The van der Waals surface area contributed by atoms with Crippen LogP contribution in [0.4, 0.5) is 5.13 Å². The lowest BCUT2D eigenvalue weighted by Gasteiger charge is -2.48. The SMILES string of the molecule is CN(c1nnc(-c2cc3ccccc3[nH]c2=O)s1)C1CC(C)(C)NC(C)(C)C1. The molecule has 0 saturated carbocycles. The van der Waals surface area contributed by atoms with Gasteiger partial charge in [0.1, 0.15) is 0 Å². The van der Waals surface area contributed by atoms with Crippen LogP contribution in [0.1, 0.15) is 40.5 Å². The molecule has 3 aromatic rings. The number of aromatic nitrogens is 3. The summed E-state index contributed by atoms with van der Waals surface area (Å²) in [5.74, 6) is 0. The van der Waals surface area contributed by atoms with Crippen LogP contribution in [0.25, 0.3) is 21.5 Å². The second kappa shape index (κ2) is 6.67. The highest BCUT2D eigenvalue weighted by Gasteiger charge is 2.39. The maximum atomic E-state index is 12.5. The molecule has 7 heteroatoms. The summed E-state index contributed by atoms with van der Waals surface area (Å²) >= 11 is 1.47. The van der Waals surface area contributed by atoms with E-state index in [4.69, 9.17) is 0 Å². The Balaban J connectivity index is 1.64. The fourth-order valence-corrected chi connectivity index (χ4v) is 5.36. The lowest BCUT2D eigenvalue weighted by molar-refractivity contribution is 0.161. The smallest absolute Gasteiger partial charge is 0.258 e. The molecule has 28 heavy (non-hydrogen) atoms. The Labute approximate surface area is 169 Å². The maximum Gasteiger partial charge on any atom is 0.258 e. The number of rotatable bonds is 3. The van der Waals surface area contributed by atoms with E-state index in [1.54, 1.807) is 0 Å². The molecule has 0 radical (unpaired) electrons. The fraction of sp³-hybridized carbons (Fsp3) is 0.476. The first-order chi connectivity index (χ1) is 13.1. The Morgan fingerprint density at radius 1 is 1.11 bits per heavy atom. The second-order valence-electron chi connectivity index (χ2n) is 9.05. The summed E-state index contributed by atoms with van der Waals surface area (Å²) in [6.07, 6.45) is 2.05. The maximum absolute atomic E-state index is 12.5. The molecular formula is C21H27N5OS. The Hall–Kier alpha value is -2.25. The third-order valence-electron chi connectivity index (χ3n) is 5.42. The number of benzene rings is 1. The standard InChI is InChI=1S/C21H27N5OS/c1-20(2)11-14(12-21(3,4)25-20)26(5)19-24-23-18(28-19)15-10-13-8-6-7-9-16(13)22-17(15)27/h6-10,14,25H,11-12H2,1-5H3,(H,22,27). The third kappa shape index (κ3) is 3.69. The van der Waals surface area contributed by atoms with Gasteiger partial charge in [-0.15, -0.1) is 10.2 Å². The van der Waals surface area contributed by atoms with Crippen molar-refractivity contribution in [3.05, 3.63) is 40.7 Å². The van der Waals surface area contributed by atoms with Gasteiger partial charge in [0, 0.05) is 29.7 Å². The molecule has 0 aliphatic carbocycles. The van der Waals surface area contributed by atoms with Gasteiger partial charge >= 0.3 is 0 Å². The molecule has 1 aromatic carbocycles. The Morgan fingerprint density at radius 3 is 2.50 bits per heavy atom. The minimum atomic E-state index is -0.131. The normalized spacial score (nSPS) is 19.0. The van der Waals surface area contributed by atoms with Crippen LogP contribution in [-0.4, -0.2) is 39.3 Å². The molecule has 0 atom stereocenters. The van der Waals surface area contributed by atoms with E-state index in [0.717, 1.165) is 28.9 Å². The van der Waals surface area contributed by atoms with Crippen molar-refractivity contribution in [1.29, 1.82) is 0 Å². The van der Waals surface area contributed by atoms with Gasteiger partial charge in [0.15, 0.2) is 5.01 Å². The molecular weight excluding hydrogens is 370 g/mol. The van der Waals surface area contributed by atoms with Crippen LogP contribution >= 0.6 is 11.3 Å². The molecule has 2 aromatic heterocycles. The van der Waals surface area contributed by atoms with Gasteiger partial charge in [-0.1, -0.05) is 29.5 Å². The van der Waals surface area contributed by atoms with Gasteiger partial charge in [-0.3, -0.25) is 4.79 Å². The summed E-state index contributed by atoms with van der Waals surface area (Å²) in [6.45, 7) is 8.98. The van der Waals surface area contributed by atoms with E-state index in [9.17, 15) is 4.79 Å². The second-order valence-corrected chi connectivity index (χ2v) is 10.0. The molecule has 1 aliphatic rings. The summed E-state index contributed by atoms with van der Waals surface area (Å²) in [6, 6.07) is 10.0. The van der Waals surface area contributed by atoms with Gasteiger partial charge in [-0.05, 0) is 58.1 Å². The Bertz CT molecular complexity index is 1050. The number of fused-ring (bicyclic) bond motifs is 1. The molecule has 6 nitrogen and oxygen atoms in total. The molecule has 1 saturated heterocycles. The quantitative estimate of drug-likeness (QED) is 0.703. The number of hydrogen-bond acceptors (Lipinski definition) is 6. The zero-order chi connectivity index (χ0) is 20.1. The molecule has 1 aliphatic heterocycles. The zero-order valence-electron chi connectivity index (χ0n) is 17.0. The van der Waals surface area contributed by atoms with Crippen LogP contribution in [0.3, 0.4) is 0 Å². The summed E-state index contributed by atoms with van der Waals surface area (Å²) in [5.41, 5.74) is 1.39.